The molecule has 1 aromatic carbocycles. The predicted octanol–water partition coefficient (Wildman–Crippen LogP) is 2.57. The van der Waals surface area contributed by atoms with E-state index in [2.05, 4.69) is 5.32 Å². The number of amides is 1. The van der Waals surface area contributed by atoms with Gasteiger partial charge in [-0.25, -0.2) is 0 Å². The van der Waals surface area contributed by atoms with Crippen molar-refractivity contribution in [3.63, 3.8) is 0 Å². The summed E-state index contributed by atoms with van der Waals surface area (Å²) in [5, 5.41) is 2.50. The maximum atomic E-state index is 12.4. The fourth-order valence-electron chi connectivity index (χ4n) is 1.50. The third kappa shape index (κ3) is 2.08. The molecule has 0 bridgehead atoms. The molecule has 1 aromatic rings. The molecule has 16 heavy (non-hydrogen) atoms. The van der Waals surface area contributed by atoms with Crippen LogP contribution in [0.2, 0.25) is 0 Å². The standard InChI is InChI=1S/C11H8F3NO/c12-11(13,14)8-3-1-2-7(6-8)9-4-5-10(16)15-9/h1-4,6H,5H2,(H,15,16). The van der Waals surface area contributed by atoms with Gasteiger partial charge in [-0.2, -0.15) is 13.2 Å². The lowest BCUT2D eigenvalue weighted by Gasteiger charge is -2.09. The first kappa shape index (κ1) is 10.7. The summed E-state index contributed by atoms with van der Waals surface area (Å²) in [5.74, 6) is -0.201. The topological polar surface area (TPSA) is 29.1 Å². The van der Waals surface area contributed by atoms with E-state index in [1.54, 1.807) is 6.08 Å². The van der Waals surface area contributed by atoms with Crippen molar-refractivity contribution in [1.82, 2.24) is 5.32 Å². The van der Waals surface area contributed by atoms with Crippen molar-refractivity contribution in [1.29, 1.82) is 0 Å². The van der Waals surface area contributed by atoms with Crippen LogP contribution in [0.1, 0.15) is 17.5 Å². The number of carbonyl (C=O) groups excluding carboxylic acids is 1. The number of carbonyl (C=O) groups is 1. The zero-order valence-corrected chi connectivity index (χ0v) is 8.14. The van der Waals surface area contributed by atoms with Crippen molar-refractivity contribution in [2.24, 2.45) is 0 Å². The highest BCUT2D eigenvalue weighted by atomic mass is 19.4. The largest absolute Gasteiger partial charge is 0.416 e. The maximum Gasteiger partial charge on any atom is 0.416 e. The first-order valence-electron chi connectivity index (χ1n) is 4.64. The summed E-state index contributed by atoms with van der Waals surface area (Å²) >= 11 is 0. The molecule has 1 N–H and O–H groups in total. The van der Waals surface area contributed by atoms with Gasteiger partial charge in [0.2, 0.25) is 5.91 Å². The van der Waals surface area contributed by atoms with E-state index >= 15 is 0 Å². The molecule has 2 nitrogen and oxygen atoms in total. The molecule has 0 spiro atoms. The first-order chi connectivity index (χ1) is 7.47. The highest BCUT2D eigenvalue weighted by Crippen LogP contribution is 2.31. The van der Waals surface area contributed by atoms with Gasteiger partial charge in [-0.1, -0.05) is 18.2 Å². The van der Waals surface area contributed by atoms with E-state index in [-0.39, 0.29) is 12.3 Å². The van der Waals surface area contributed by atoms with Crippen molar-refractivity contribution in [2.75, 3.05) is 0 Å². The van der Waals surface area contributed by atoms with Gasteiger partial charge in [0.05, 0.1) is 5.56 Å². The van der Waals surface area contributed by atoms with E-state index in [9.17, 15) is 18.0 Å². The summed E-state index contributed by atoms with van der Waals surface area (Å²) in [5.41, 5.74) is 0.101. The Hall–Kier alpha value is -1.78. The third-order valence-corrected chi connectivity index (χ3v) is 2.27. The van der Waals surface area contributed by atoms with Gasteiger partial charge in [0, 0.05) is 12.1 Å². The number of hydrogen-bond acceptors (Lipinski definition) is 1. The van der Waals surface area contributed by atoms with Crippen LogP contribution in [-0.2, 0) is 11.0 Å². The van der Waals surface area contributed by atoms with Crippen LogP contribution in [-0.4, -0.2) is 5.91 Å². The van der Waals surface area contributed by atoms with Crippen LogP contribution in [0.4, 0.5) is 13.2 Å². The Labute approximate surface area is 89.8 Å². The molecule has 5 heteroatoms. The van der Waals surface area contributed by atoms with Crippen molar-refractivity contribution in [2.45, 2.75) is 12.6 Å². The molecule has 1 amide bonds. The molecule has 0 aromatic heterocycles. The fraction of sp³-hybridized carbons (Fsp3) is 0.182. The lowest BCUT2D eigenvalue weighted by Crippen LogP contribution is -2.14. The Morgan fingerprint density at radius 1 is 1.25 bits per heavy atom. The molecule has 0 unspecified atom stereocenters. The predicted molar refractivity (Wildman–Crippen MR) is 52.2 cm³/mol. The van der Waals surface area contributed by atoms with Gasteiger partial charge in [-0.05, 0) is 17.7 Å². The van der Waals surface area contributed by atoms with E-state index < -0.39 is 11.7 Å². The van der Waals surface area contributed by atoms with E-state index in [0.29, 0.717) is 11.3 Å². The van der Waals surface area contributed by atoms with Gasteiger partial charge < -0.3 is 5.32 Å². The van der Waals surface area contributed by atoms with E-state index in [1.165, 1.54) is 12.1 Å². The van der Waals surface area contributed by atoms with Gasteiger partial charge >= 0.3 is 6.18 Å². The molecular formula is C11H8F3NO. The zero-order chi connectivity index (χ0) is 11.8. The molecule has 0 radical (unpaired) electrons. The van der Waals surface area contributed by atoms with Crippen LogP contribution in [0, 0.1) is 0 Å². The summed E-state index contributed by atoms with van der Waals surface area (Å²) in [4.78, 5) is 10.9. The number of rotatable bonds is 1. The number of hydrogen-bond donors (Lipinski definition) is 1. The van der Waals surface area contributed by atoms with Crippen LogP contribution in [0.15, 0.2) is 30.3 Å². The molecule has 1 aliphatic heterocycles. The maximum absolute atomic E-state index is 12.4. The number of benzene rings is 1. The Morgan fingerprint density at radius 2 is 2.00 bits per heavy atom. The summed E-state index contributed by atoms with van der Waals surface area (Å²) in [6.07, 6.45) is -2.57. The smallest absolute Gasteiger partial charge is 0.326 e. The van der Waals surface area contributed by atoms with E-state index in [1.807, 2.05) is 0 Å². The summed E-state index contributed by atoms with van der Waals surface area (Å²) in [7, 11) is 0. The second kappa shape index (κ2) is 3.66. The van der Waals surface area contributed by atoms with Crippen molar-refractivity contribution >= 4 is 11.6 Å². The number of alkyl halides is 3. The first-order valence-corrected chi connectivity index (χ1v) is 4.64. The van der Waals surface area contributed by atoms with Crippen LogP contribution < -0.4 is 5.32 Å². The quantitative estimate of drug-likeness (QED) is 0.784. The molecule has 1 heterocycles. The molecule has 0 saturated carbocycles. The minimum atomic E-state index is -4.36. The third-order valence-electron chi connectivity index (χ3n) is 2.27. The van der Waals surface area contributed by atoms with Crippen molar-refractivity contribution < 1.29 is 18.0 Å². The molecule has 84 valence electrons. The molecule has 0 atom stereocenters. The lowest BCUT2D eigenvalue weighted by molar-refractivity contribution is -0.137. The monoisotopic (exact) mass is 227 g/mol. The average Bonchev–Trinajstić information content (AvgIpc) is 2.64. The van der Waals surface area contributed by atoms with Gasteiger partial charge in [0.15, 0.2) is 0 Å². The number of nitrogens with one attached hydrogen (secondary N) is 1. The van der Waals surface area contributed by atoms with E-state index in [0.717, 1.165) is 12.1 Å². The number of halogens is 3. The van der Waals surface area contributed by atoms with E-state index in [4.69, 9.17) is 0 Å². The minimum absolute atomic E-state index is 0.201. The Balaban J connectivity index is 2.33. The Kier molecular flexibility index (Phi) is 2.46. The normalized spacial score (nSPS) is 15.9. The average molecular weight is 227 g/mol. The molecular weight excluding hydrogens is 219 g/mol. The minimum Gasteiger partial charge on any atom is -0.326 e. The van der Waals surface area contributed by atoms with Gasteiger partial charge in [0.1, 0.15) is 0 Å². The van der Waals surface area contributed by atoms with Crippen LogP contribution in [0.3, 0.4) is 0 Å². The van der Waals surface area contributed by atoms with Gasteiger partial charge in [-0.3, -0.25) is 4.79 Å². The van der Waals surface area contributed by atoms with Gasteiger partial charge in [0.25, 0.3) is 0 Å². The lowest BCUT2D eigenvalue weighted by atomic mass is 10.1. The summed E-state index contributed by atoms with van der Waals surface area (Å²) < 4.78 is 37.3. The molecule has 0 fully saturated rings. The highest BCUT2D eigenvalue weighted by Gasteiger charge is 2.30. The highest BCUT2D eigenvalue weighted by molar-refractivity contribution is 5.93. The van der Waals surface area contributed by atoms with Crippen molar-refractivity contribution in [3.8, 4) is 0 Å². The van der Waals surface area contributed by atoms with Crippen LogP contribution in [0.5, 0.6) is 0 Å². The van der Waals surface area contributed by atoms with Gasteiger partial charge in [-0.15, -0.1) is 0 Å². The second-order valence-electron chi connectivity index (χ2n) is 3.45. The fourth-order valence-corrected chi connectivity index (χ4v) is 1.50. The summed E-state index contributed by atoms with van der Waals surface area (Å²) in [6, 6.07) is 4.88. The summed E-state index contributed by atoms with van der Waals surface area (Å²) in [6.45, 7) is 0. The van der Waals surface area contributed by atoms with Crippen molar-refractivity contribution in [3.05, 3.63) is 41.5 Å². The molecule has 1 aliphatic rings. The Bertz CT molecular complexity index is 463. The zero-order valence-electron chi connectivity index (χ0n) is 8.14. The molecule has 2 rings (SSSR count). The molecule has 0 saturated heterocycles. The molecule has 0 aliphatic carbocycles. The Morgan fingerprint density at radius 3 is 2.56 bits per heavy atom. The van der Waals surface area contributed by atoms with Crippen LogP contribution >= 0.6 is 0 Å². The second-order valence-corrected chi connectivity index (χ2v) is 3.45. The SMILES string of the molecule is O=C1CC=C(c2cccc(C(F)(F)F)c2)N1. The van der Waals surface area contributed by atoms with Crippen LogP contribution in [0.25, 0.3) is 5.70 Å².